The summed E-state index contributed by atoms with van der Waals surface area (Å²) in [6, 6.07) is 55.8. The Bertz CT molecular complexity index is 2690. The Balaban J connectivity index is 1.26. The standard InChI is InChI=1S/C42H25NS/c1-2-13-30-28(11-1)29-12-3-4-14-31(29)37-25-26(23-24-32(30)37)27-17-9-18-35-36-19-10-22-40(42(36)44-41(27)35)43-38-20-7-5-15-33(38)34-16-6-8-21-39(34)43/h1-25H. The van der Waals surface area contributed by atoms with Crippen LogP contribution in [0, 0.1) is 0 Å². The Labute approximate surface area is 257 Å². The van der Waals surface area contributed by atoms with Gasteiger partial charge in [0.05, 0.1) is 21.4 Å². The lowest BCUT2D eigenvalue weighted by Gasteiger charge is -2.12. The topological polar surface area (TPSA) is 4.93 Å². The Morgan fingerprint density at radius 3 is 1.45 bits per heavy atom. The van der Waals surface area contributed by atoms with Crippen molar-refractivity contribution in [1.82, 2.24) is 4.57 Å². The van der Waals surface area contributed by atoms with Gasteiger partial charge in [0.15, 0.2) is 0 Å². The Morgan fingerprint density at radius 2 is 0.818 bits per heavy atom. The van der Waals surface area contributed by atoms with Crippen LogP contribution in [0.1, 0.15) is 0 Å². The maximum absolute atomic E-state index is 2.45. The monoisotopic (exact) mass is 575 g/mol. The Kier molecular flexibility index (Phi) is 4.94. The average molecular weight is 576 g/mol. The number of hydrogen-bond donors (Lipinski definition) is 0. The summed E-state index contributed by atoms with van der Waals surface area (Å²) < 4.78 is 5.11. The van der Waals surface area contributed by atoms with E-state index in [1.165, 1.54) is 91.1 Å². The molecule has 0 radical (unpaired) electrons. The molecule has 44 heavy (non-hydrogen) atoms. The van der Waals surface area contributed by atoms with Gasteiger partial charge in [-0.15, -0.1) is 11.3 Å². The summed E-state index contributed by atoms with van der Waals surface area (Å²) in [5, 5.41) is 13.0. The molecule has 204 valence electrons. The van der Waals surface area contributed by atoms with Gasteiger partial charge in [-0.1, -0.05) is 127 Å². The molecule has 2 heterocycles. The minimum atomic E-state index is 1.24. The van der Waals surface area contributed by atoms with Crippen LogP contribution >= 0.6 is 11.3 Å². The number of benzene rings is 8. The number of para-hydroxylation sites is 2. The van der Waals surface area contributed by atoms with E-state index in [4.69, 9.17) is 0 Å². The molecule has 0 saturated heterocycles. The van der Waals surface area contributed by atoms with Gasteiger partial charge in [-0.05, 0) is 67.7 Å². The summed E-state index contributed by atoms with van der Waals surface area (Å²) in [7, 11) is 0. The zero-order valence-corrected chi connectivity index (χ0v) is 24.6. The van der Waals surface area contributed by atoms with E-state index in [0.29, 0.717) is 0 Å². The molecule has 0 N–H and O–H groups in total. The molecule has 0 bridgehead atoms. The summed E-state index contributed by atoms with van der Waals surface area (Å²) in [6.07, 6.45) is 0. The van der Waals surface area contributed by atoms with Crippen LogP contribution in [-0.4, -0.2) is 4.57 Å². The first-order valence-corrected chi connectivity index (χ1v) is 15.9. The number of nitrogens with zero attached hydrogens (tertiary/aromatic N) is 1. The summed E-state index contributed by atoms with van der Waals surface area (Å²) in [5.74, 6) is 0. The lowest BCUT2D eigenvalue weighted by molar-refractivity contribution is 1.20. The largest absolute Gasteiger partial charge is 0.308 e. The molecule has 0 amide bonds. The maximum atomic E-state index is 2.45. The fraction of sp³-hybridized carbons (Fsp3) is 0. The molecule has 0 aliphatic rings. The molecule has 10 aromatic rings. The maximum Gasteiger partial charge on any atom is 0.0640 e. The van der Waals surface area contributed by atoms with Gasteiger partial charge in [0, 0.05) is 26.2 Å². The van der Waals surface area contributed by atoms with Crippen molar-refractivity contribution in [3.05, 3.63) is 152 Å². The van der Waals surface area contributed by atoms with Crippen molar-refractivity contribution in [2.45, 2.75) is 0 Å². The predicted octanol–water partition coefficient (Wildman–Crippen LogP) is 12.3. The zero-order chi connectivity index (χ0) is 28.8. The molecule has 2 aromatic heterocycles. The van der Waals surface area contributed by atoms with Crippen molar-refractivity contribution in [2.24, 2.45) is 0 Å². The minimum absolute atomic E-state index is 1.24. The van der Waals surface area contributed by atoms with Crippen LogP contribution in [0.15, 0.2) is 152 Å². The number of rotatable bonds is 2. The molecule has 0 atom stereocenters. The van der Waals surface area contributed by atoms with Crippen molar-refractivity contribution in [1.29, 1.82) is 0 Å². The Morgan fingerprint density at radius 1 is 0.341 bits per heavy atom. The molecule has 2 heteroatoms. The molecule has 8 aromatic carbocycles. The van der Waals surface area contributed by atoms with Gasteiger partial charge in [0.25, 0.3) is 0 Å². The molecule has 1 nitrogen and oxygen atoms in total. The normalized spacial score (nSPS) is 12.1. The lowest BCUT2D eigenvalue weighted by atomic mass is 9.92. The van der Waals surface area contributed by atoms with E-state index >= 15 is 0 Å². The third-order valence-corrected chi connectivity index (χ3v) is 10.7. The van der Waals surface area contributed by atoms with E-state index in [-0.39, 0.29) is 0 Å². The summed E-state index contributed by atoms with van der Waals surface area (Å²) in [6.45, 7) is 0. The van der Waals surface area contributed by atoms with Crippen LogP contribution in [0.2, 0.25) is 0 Å². The lowest BCUT2D eigenvalue weighted by Crippen LogP contribution is -1.93. The smallest absolute Gasteiger partial charge is 0.0640 e. The summed E-state index contributed by atoms with van der Waals surface area (Å²) >= 11 is 1.92. The first-order valence-electron chi connectivity index (χ1n) is 15.1. The van der Waals surface area contributed by atoms with Gasteiger partial charge in [0.2, 0.25) is 0 Å². The van der Waals surface area contributed by atoms with Crippen LogP contribution in [0.5, 0.6) is 0 Å². The molecule has 0 unspecified atom stereocenters. The number of thiophene rings is 1. The first kappa shape index (κ1) is 24.0. The van der Waals surface area contributed by atoms with Crippen LogP contribution < -0.4 is 0 Å². The van der Waals surface area contributed by atoms with Crippen molar-refractivity contribution < 1.29 is 0 Å². The second kappa shape index (κ2) is 9.03. The fourth-order valence-corrected chi connectivity index (χ4v) is 8.81. The molecule has 0 aliphatic carbocycles. The van der Waals surface area contributed by atoms with Crippen molar-refractivity contribution in [3.63, 3.8) is 0 Å². The van der Waals surface area contributed by atoms with E-state index in [9.17, 15) is 0 Å². The van der Waals surface area contributed by atoms with Crippen LogP contribution in [0.4, 0.5) is 0 Å². The van der Waals surface area contributed by atoms with E-state index in [1.54, 1.807) is 0 Å². The third kappa shape index (κ3) is 3.23. The first-order chi connectivity index (χ1) is 21.8. The van der Waals surface area contributed by atoms with Crippen molar-refractivity contribution >= 4 is 85.6 Å². The van der Waals surface area contributed by atoms with Crippen LogP contribution in [-0.2, 0) is 0 Å². The predicted molar refractivity (Wildman–Crippen MR) is 192 cm³/mol. The highest BCUT2D eigenvalue weighted by atomic mass is 32.1. The molecule has 0 spiro atoms. The van der Waals surface area contributed by atoms with Gasteiger partial charge in [-0.3, -0.25) is 0 Å². The molecular weight excluding hydrogens is 551 g/mol. The molecule has 10 rings (SSSR count). The van der Waals surface area contributed by atoms with Gasteiger partial charge in [0.1, 0.15) is 0 Å². The SMILES string of the molecule is c1cc(-c2ccc3c4ccccc4c4ccccc4c3c2)c2sc3c(-n4c5ccccc5c5ccccc54)cccc3c2c1. The highest BCUT2D eigenvalue weighted by molar-refractivity contribution is 7.26. The third-order valence-electron chi connectivity index (χ3n) is 9.38. The Hall–Kier alpha value is -5.44. The number of hydrogen-bond acceptors (Lipinski definition) is 1. The molecule has 0 saturated carbocycles. The zero-order valence-electron chi connectivity index (χ0n) is 23.8. The molecule has 0 fully saturated rings. The summed E-state index contributed by atoms with van der Waals surface area (Å²) in [5.41, 5.74) is 6.27. The van der Waals surface area contributed by atoms with Crippen molar-refractivity contribution in [2.75, 3.05) is 0 Å². The van der Waals surface area contributed by atoms with Gasteiger partial charge >= 0.3 is 0 Å². The van der Waals surface area contributed by atoms with Crippen LogP contribution in [0.3, 0.4) is 0 Å². The van der Waals surface area contributed by atoms with E-state index in [1.807, 2.05) is 11.3 Å². The van der Waals surface area contributed by atoms with Gasteiger partial charge < -0.3 is 4.57 Å². The number of fused-ring (bicyclic) bond motifs is 12. The van der Waals surface area contributed by atoms with Crippen molar-refractivity contribution in [3.8, 4) is 16.8 Å². The van der Waals surface area contributed by atoms with E-state index < -0.39 is 0 Å². The fourth-order valence-electron chi connectivity index (χ4n) is 7.47. The van der Waals surface area contributed by atoms with E-state index in [0.717, 1.165) is 0 Å². The summed E-state index contributed by atoms with van der Waals surface area (Å²) in [4.78, 5) is 0. The second-order valence-electron chi connectivity index (χ2n) is 11.7. The minimum Gasteiger partial charge on any atom is -0.308 e. The highest BCUT2D eigenvalue weighted by Gasteiger charge is 2.18. The van der Waals surface area contributed by atoms with Gasteiger partial charge in [-0.2, -0.15) is 0 Å². The second-order valence-corrected chi connectivity index (χ2v) is 12.7. The van der Waals surface area contributed by atoms with Gasteiger partial charge in [-0.25, -0.2) is 0 Å². The highest BCUT2D eigenvalue weighted by Crippen LogP contribution is 2.45. The average Bonchev–Trinajstić information content (AvgIpc) is 3.64. The molecule has 0 aliphatic heterocycles. The number of aromatic nitrogens is 1. The van der Waals surface area contributed by atoms with Crippen LogP contribution in [0.25, 0.3) is 91.1 Å². The molecular formula is C42H25NS. The quantitative estimate of drug-likeness (QED) is 0.181. The van der Waals surface area contributed by atoms with E-state index in [2.05, 4.69) is 156 Å².